The first-order valence-corrected chi connectivity index (χ1v) is 11.0. The van der Waals surface area contributed by atoms with Gasteiger partial charge in [-0.05, 0) is 37.8 Å². The highest BCUT2D eigenvalue weighted by Crippen LogP contribution is 2.28. The molecule has 174 valence electrons. The van der Waals surface area contributed by atoms with Gasteiger partial charge >= 0.3 is 11.6 Å². The number of hydrogen-bond donors (Lipinski definition) is 5. The van der Waals surface area contributed by atoms with Crippen LogP contribution < -0.4 is 15.4 Å². The Balaban J connectivity index is 1.77. The van der Waals surface area contributed by atoms with E-state index in [1.54, 1.807) is 24.4 Å². The minimum absolute atomic E-state index is 0.0311. The summed E-state index contributed by atoms with van der Waals surface area (Å²) in [6.45, 7) is 3.85. The van der Waals surface area contributed by atoms with Crippen molar-refractivity contribution in [2.45, 2.75) is 57.1 Å². The van der Waals surface area contributed by atoms with Crippen LogP contribution in [0.3, 0.4) is 0 Å². The van der Waals surface area contributed by atoms with Crippen molar-refractivity contribution < 1.29 is 24.6 Å². The fraction of sp³-hybridized carbons (Fsp3) is 0.400. The van der Waals surface area contributed by atoms with E-state index in [0.717, 1.165) is 4.73 Å². The minimum Gasteiger partial charge on any atom is -0.494 e. The van der Waals surface area contributed by atoms with E-state index >= 15 is 0 Å². The molecular weight excluding hydrogens is 420 g/mol. The molecule has 0 unspecified atom stereocenters. The Bertz CT molecular complexity index is 1070. The van der Waals surface area contributed by atoms with Gasteiger partial charge in [0.05, 0.1) is 18.5 Å². The van der Waals surface area contributed by atoms with Gasteiger partial charge in [-0.1, -0.05) is 19.8 Å². The lowest BCUT2D eigenvalue weighted by Gasteiger charge is -2.32. The van der Waals surface area contributed by atoms with Gasteiger partial charge < -0.3 is 25.9 Å². The molecule has 0 aliphatic heterocycles. The molecule has 1 aromatic heterocycles. The number of ether oxygens (including phenoxy) is 1. The van der Waals surface area contributed by atoms with Crippen LogP contribution in [0, 0.1) is 17.8 Å². The molecule has 33 heavy (non-hydrogen) atoms. The molecule has 8 heteroatoms. The van der Waals surface area contributed by atoms with E-state index in [1.165, 1.54) is 19.3 Å². The van der Waals surface area contributed by atoms with Crippen LogP contribution in [0.25, 0.3) is 0 Å². The number of pyridine rings is 1. The predicted octanol–water partition coefficient (Wildman–Crippen LogP) is 2.29. The van der Waals surface area contributed by atoms with Crippen LogP contribution in [-0.2, 0) is 4.74 Å². The summed E-state index contributed by atoms with van der Waals surface area (Å²) in [6.07, 6.45) is 12.8. The number of rotatable bonds is 6. The zero-order valence-corrected chi connectivity index (χ0v) is 19.2. The highest BCUT2D eigenvalue weighted by atomic mass is 16.5. The van der Waals surface area contributed by atoms with Crippen LogP contribution >= 0.6 is 0 Å². The maximum Gasteiger partial charge on any atom is 0.325 e. The lowest BCUT2D eigenvalue weighted by Crippen LogP contribution is -2.45. The number of carbonyl (C=O) groups is 1. The SMILES string of the molecule is C#C[C@]1(O)CC[C@H](N/C=C2/C=C(NC(=O)c3cccc(C(C)C)[n+]3O)C(OC)=CC2=N)CC1. The molecule has 1 saturated carbocycles. The molecular formula is C25H31N4O4+. The van der Waals surface area contributed by atoms with Gasteiger partial charge in [-0.25, -0.2) is 0 Å². The van der Waals surface area contributed by atoms with Crippen LogP contribution in [0.5, 0.6) is 0 Å². The zero-order valence-electron chi connectivity index (χ0n) is 19.2. The molecule has 2 aliphatic rings. The standard InChI is InChI=1S/C25H30N4O4/c1-5-25(31)11-9-18(10-12-25)27-15-17-13-20(23(33-4)14-19(17)26)28-24(30)22-8-6-7-21(16(2)3)29(22)32/h1,6-8,13-16,18,26,30-32H,9-12H2,2-4H3/p+1/t18-,25-. The molecule has 8 nitrogen and oxygen atoms in total. The Kier molecular flexibility index (Phi) is 7.24. The Labute approximate surface area is 194 Å². The molecule has 5 N–H and O–H groups in total. The van der Waals surface area contributed by atoms with Crippen molar-refractivity contribution in [3.63, 3.8) is 0 Å². The molecule has 0 radical (unpaired) electrons. The van der Waals surface area contributed by atoms with Crippen molar-refractivity contribution >= 4 is 11.6 Å². The number of hydrogen-bond acceptors (Lipinski definition) is 6. The van der Waals surface area contributed by atoms with E-state index in [2.05, 4.69) is 16.6 Å². The lowest BCUT2D eigenvalue weighted by atomic mass is 9.83. The molecule has 0 atom stereocenters. The minimum atomic E-state index is -1.03. The summed E-state index contributed by atoms with van der Waals surface area (Å²) < 4.78 is 6.24. The molecule has 3 rings (SSSR count). The van der Waals surface area contributed by atoms with Crippen molar-refractivity contribution in [1.29, 1.82) is 5.41 Å². The second-order valence-corrected chi connectivity index (χ2v) is 8.66. The quantitative estimate of drug-likeness (QED) is 0.258. The summed E-state index contributed by atoms with van der Waals surface area (Å²) in [5.41, 5.74) is 0.840. The van der Waals surface area contributed by atoms with E-state index in [9.17, 15) is 15.1 Å². The van der Waals surface area contributed by atoms with Gasteiger partial charge in [-0.3, -0.25) is 10.0 Å². The molecule has 0 aromatic carbocycles. The van der Waals surface area contributed by atoms with Crippen molar-refractivity contribution in [3.05, 3.63) is 65.0 Å². The number of aromatic nitrogens is 1. The molecule has 0 spiro atoms. The normalized spacial score (nSPS) is 24.1. The maximum absolute atomic E-state index is 12.9. The highest BCUT2D eigenvalue weighted by molar-refractivity contribution is 6.10. The number of carbonyl (C=O) groups excluding carboxylic acids is 1. The Morgan fingerprint density at radius 3 is 2.67 bits per heavy atom. The number of aliphatic hydroxyl groups is 1. The largest absolute Gasteiger partial charge is 0.494 e. The number of nitrogens with zero attached hydrogens (tertiary/aromatic N) is 1. The number of allylic oxidation sites excluding steroid dienone is 3. The fourth-order valence-corrected chi connectivity index (χ4v) is 3.91. The number of amides is 1. The van der Waals surface area contributed by atoms with Crippen LogP contribution in [0.2, 0.25) is 0 Å². The van der Waals surface area contributed by atoms with E-state index in [1.807, 2.05) is 13.8 Å². The Morgan fingerprint density at radius 2 is 2.06 bits per heavy atom. The van der Waals surface area contributed by atoms with Gasteiger partial charge in [0.2, 0.25) is 5.69 Å². The number of terminal acetylenes is 1. The summed E-state index contributed by atoms with van der Waals surface area (Å²) in [7, 11) is 1.46. The molecule has 1 heterocycles. The topological polar surface area (TPSA) is 119 Å². The van der Waals surface area contributed by atoms with Crippen LogP contribution in [0.1, 0.15) is 61.6 Å². The monoisotopic (exact) mass is 451 g/mol. The summed E-state index contributed by atoms with van der Waals surface area (Å²) in [5, 5.41) is 35.0. The average molecular weight is 452 g/mol. The molecule has 1 fully saturated rings. The van der Waals surface area contributed by atoms with Crippen LogP contribution in [0.15, 0.2) is 53.6 Å². The van der Waals surface area contributed by atoms with Crippen molar-refractivity contribution in [2.75, 3.05) is 7.11 Å². The molecule has 1 aromatic rings. The lowest BCUT2D eigenvalue weighted by molar-refractivity contribution is -0.911. The summed E-state index contributed by atoms with van der Waals surface area (Å²) in [5.74, 6) is 2.33. The second kappa shape index (κ2) is 9.92. The maximum atomic E-state index is 12.9. The van der Waals surface area contributed by atoms with Crippen LogP contribution in [0.4, 0.5) is 0 Å². The molecule has 0 bridgehead atoms. The van der Waals surface area contributed by atoms with Gasteiger partial charge in [-0.2, -0.15) is 0 Å². The van der Waals surface area contributed by atoms with Gasteiger partial charge in [0.25, 0.3) is 0 Å². The summed E-state index contributed by atoms with van der Waals surface area (Å²) in [4.78, 5) is 12.9. The molecule has 1 amide bonds. The van der Waals surface area contributed by atoms with E-state index < -0.39 is 11.5 Å². The first-order valence-electron chi connectivity index (χ1n) is 11.0. The highest BCUT2D eigenvalue weighted by Gasteiger charge is 2.31. The van der Waals surface area contributed by atoms with E-state index in [4.69, 9.17) is 16.6 Å². The van der Waals surface area contributed by atoms with Crippen molar-refractivity contribution in [2.24, 2.45) is 0 Å². The summed E-state index contributed by atoms with van der Waals surface area (Å²) in [6, 6.07) is 5.13. The first-order chi connectivity index (χ1) is 15.7. The van der Waals surface area contributed by atoms with Crippen LogP contribution in [-0.4, -0.2) is 40.7 Å². The third kappa shape index (κ3) is 5.44. The first kappa shape index (κ1) is 24.1. The van der Waals surface area contributed by atoms with Crippen molar-refractivity contribution in [1.82, 2.24) is 10.6 Å². The zero-order chi connectivity index (χ0) is 24.2. The fourth-order valence-electron chi connectivity index (χ4n) is 3.91. The second-order valence-electron chi connectivity index (χ2n) is 8.66. The Morgan fingerprint density at radius 1 is 1.36 bits per heavy atom. The van der Waals surface area contributed by atoms with Gasteiger partial charge in [0.15, 0.2) is 0 Å². The van der Waals surface area contributed by atoms with Gasteiger partial charge in [-0.15, -0.1) is 6.42 Å². The van der Waals surface area contributed by atoms with E-state index in [-0.39, 0.29) is 23.4 Å². The third-order valence-electron chi connectivity index (χ3n) is 5.99. The predicted molar refractivity (Wildman–Crippen MR) is 124 cm³/mol. The third-order valence-corrected chi connectivity index (χ3v) is 5.99. The van der Waals surface area contributed by atoms with Gasteiger partial charge in [0.1, 0.15) is 11.4 Å². The molecule has 0 saturated heterocycles. The number of nitrogens with one attached hydrogen (secondary N) is 3. The van der Waals surface area contributed by atoms with Crippen molar-refractivity contribution in [3.8, 4) is 12.3 Å². The summed E-state index contributed by atoms with van der Waals surface area (Å²) >= 11 is 0. The average Bonchev–Trinajstić information content (AvgIpc) is 2.80. The molecule has 2 aliphatic carbocycles. The number of methoxy groups -OCH3 is 1. The Hall–Kier alpha value is -3.57. The smallest absolute Gasteiger partial charge is 0.325 e. The van der Waals surface area contributed by atoms with Gasteiger partial charge in [0, 0.05) is 46.7 Å². The van der Waals surface area contributed by atoms with E-state index in [0.29, 0.717) is 48.4 Å².